The molecule has 1 amide bonds. The molecule has 176 valence electrons. The molecule has 33 heavy (non-hydrogen) atoms. The van der Waals surface area contributed by atoms with Crippen LogP contribution < -0.4 is 4.74 Å². The van der Waals surface area contributed by atoms with Gasteiger partial charge in [0.05, 0.1) is 17.7 Å². The number of nitrogens with zero attached hydrogens (tertiary/aromatic N) is 3. The first-order valence-electron chi connectivity index (χ1n) is 11.4. The van der Waals surface area contributed by atoms with E-state index in [9.17, 15) is 18.0 Å². The van der Waals surface area contributed by atoms with Gasteiger partial charge in [0.15, 0.2) is 0 Å². The first-order chi connectivity index (χ1) is 15.8. The standard InChI is InChI=1S/C24H26F3N3O3/c25-24(26,27)33-20-11-16(10-18(12-20)17-3-4-17)2-5-21-28-13-19(14-29-21)22(31)30-8-7-23(30)6-1-9-32-15-23/h10-14,17H,1-9,15H2. The van der Waals surface area contributed by atoms with E-state index >= 15 is 0 Å². The molecule has 6 nitrogen and oxygen atoms in total. The van der Waals surface area contributed by atoms with Gasteiger partial charge in [0.1, 0.15) is 11.6 Å². The number of carbonyl (C=O) groups is 1. The smallest absolute Gasteiger partial charge is 0.406 e. The molecule has 1 saturated carbocycles. The van der Waals surface area contributed by atoms with Crippen LogP contribution in [0.3, 0.4) is 0 Å². The predicted octanol–water partition coefficient (Wildman–Crippen LogP) is 4.43. The summed E-state index contributed by atoms with van der Waals surface area (Å²) >= 11 is 0. The van der Waals surface area contributed by atoms with Gasteiger partial charge in [-0.1, -0.05) is 6.07 Å². The van der Waals surface area contributed by atoms with Crippen molar-refractivity contribution in [1.82, 2.24) is 14.9 Å². The van der Waals surface area contributed by atoms with Gasteiger partial charge in [0, 0.05) is 32.0 Å². The molecule has 2 aromatic rings. The Kier molecular flexibility index (Phi) is 5.76. The Morgan fingerprint density at radius 3 is 2.55 bits per heavy atom. The zero-order valence-electron chi connectivity index (χ0n) is 18.2. The lowest BCUT2D eigenvalue weighted by molar-refractivity contribution is -0.274. The maximum atomic E-state index is 12.9. The van der Waals surface area contributed by atoms with Crippen molar-refractivity contribution in [3.05, 3.63) is 53.1 Å². The van der Waals surface area contributed by atoms with E-state index in [1.807, 2.05) is 11.0 Å². The molecule has 1 aromatic carbocycles. The van der Waals surface area contributed by atoms with Gasteiger partial charge in [-0.15, -0.1) is 13.2 Å². The molecular formula is C24H26F3N3O3. The van der Waals surface area contributed by atoms with Gasteiger partial charge in [0.2, 0.25) is 0 Å². The minimum atomic E-state index is -4.72. The minimum Gasteiger partial charge on any atom is -0.406 e. The van der Waals surface area contributed by atoms with E-state index in [1.54, 1.807) is 12.4 Å². The molecule has 1 spiro atoms. The third-order valence-corrected chi connectivity index (χ3v) is 6.78. The minimum absolute atomic E-state index is 0.0793. The first kappa shape index (κ1) is 22.1. The molecule has 9 heteroatoms. The van der Waals surface area contributed by atoms with Crippen LogP contribution in [-0.2, 0) is 17.6 Å². The zero-order valence-corrected chi connectivity index (χ0v) is 18.2. The second-order valence-corrected chi connectivity index (χ2v) is 9.21. The maximum absolute atomic E-state index is 12.9. The molecule has 0 N–H and O–H groups in total. The molecule has 2 aliphatic heterocycles. The Hall–Kier alpha value is -2.68. The van der Waals surface area contributed by atoms with Crippen LogP contribution in [0.15, 0.2) is 30.6 Å². The monoisotopic (exact) mass is 461 g/mol. The van der Waals surface area contributed by atoms with Crippen molar-refractivity contribution in [2.45, 2.75) is 62.8 Å². The van der Waals surface area contributed by atoms with Crippen LogP contribution >= 0.6 is 0 Å². The molecule has 3 fully saturated rings. The molecule has 0 radical (unpaired) electrons. The quantitative estimate of drug-likeness (QED) is 0.637. The Bertz CT molecular complexity index is 1020. The van der Waals surface area contributed by atoms with Crippen molar-refractivity contribution in [1.29, 1.82) is 0 Å². The van der Waals surface area contributed by atoms with Crippen LogP contribution in [0.5, 0.6) is 5.75 Å². The molecule has 0 bridgehead atoms. The lowest BCUT2D eigenvalue weighted by Gasteiger charge is -2.54. The fourth-order valence-electron chi connectivity index (χ4n) is 4.79. The number of carbonyl (C=O) groups excluding carboxylic acids is 1. The van der Waals surface area contributed by atoms with Crippen molar-refractivity contribution in [2.75, 3.05) is 19.8 Å². The number of rotatable bonds is 6. The highest BCUT2D eigenvalue weighted by molar-refractivity contribution is 5.94. The second kappa shape index (κ2) is 8.59. The summed E-state index contributed by atoms with van der Waals surface area (Å²) in [6, 6.07) is 4.84. The van der Waals surface area contributed by atoms with E-state index in [1.165, 1.54) is 12.1 Å². The second-order valence-electron chi connectivity index (χ2n) is 9.21. The summed E-state index contributed by atoms with van der Waals surface area (Å²) in [5.41, 5.74) is 1.89. The summed E-state index contributed by atoms with van der Waals surface area (Å²) in [7, 11) is 0. The molecule has 2 saturated heterocycles. The molecule has 3 heterocycles. The van der Waals surface area contributed by atoms with Crippen LogP contribution in [0.2, 0.25) is 0 Å². The van der Waals surface area contributed by atoms with Gasteiger partial charge in [-0.05, 0) is 67.7 Å². The van der Waals surface area contributed by atoms with Gasteiger partial charge in [-0.3, -0.25) is 4.79 Å². The van der Waals surface area contributed by atoms with E-state index < -0.39 is 6.36 Å². The average molecular weight is 461 g/mol. The van der Waals surface area contributed by atoms with Crippen molar-refractivity contribution in [2.24, 2.45) is 0 Å². The van der Waals surface area contributed by atoms with Gasteiger partial charge >= 0.3 is 6.36 Å². The van der Waals surface area contributed by atoms with E-state index in [0.717, 1.165) is 49.8 Å². The third kappa shape index (κ3) is 4.98. The first-order valence-corrected chi connectivity index (χ1v) is 11.4. The maximum Gasteiger partial charge on any atom is 0.573 e. The van der Waals surface area contributed by atoms with Crippen molar-refractivity contribution < 1.29 is 27.4 Å². The number of hydrogen-bond acceptors (Lipinski definition) is 5. The van der Waals surface area contributed by atoms with Crippen LogP contribution in [0, 0.1) is 0 Å². The number of likely N-dealkylation sites (tertiary alicyclic amines) is 1. The largest absolute Gasteiger partial charge is 0.573 e. The van der Waals surface area contributed by atoms with Gasteiger partial charge < -0.3 is 14.4 Å². The number of hydrogen-bond donors (Lipinski definition) is 0. The summed E-state index contributed by atoms with van der Waals surface area (Å²) in [5, 5.41) is 0. The molecule has 5 rings (SSSR count). The molecule has 1 aliphatic carbocycles. The number of benzene rings is 1. The molecule has 3 aliphatic rings. The average Bonchev–Trinajstić information content (AvgIpc) is 3.62. The number of aryl methyl sites for hydroxylation is 2. The lowest BCUT2D eigenvalue weighted by atomic mass is 9.79. The van der Waals surface area contributed by atoms with Crippen molar-refractivity contribution in [3.63, 3.8) is 0 Å². The molecule has 1 unspecified atom stereocenters. The van der Waals surface area contributed by atoms with Crippen molar-refractivity contribution in [3.8, 4) is 5.75 Å². The number of halogens is 3. The lowest BCUT2D eigenvalue weighted by Crippen LogP contribution is -2.65. The Morgan fingerprint density at radius 1 is 1.15 bits per heavy atom. The number of aromatic nitrogens is 2. The Balaban J connectivity index is 1.23. The third-order valence-electron chi connectivity index (χ3n) is 6.78. The zero-order chi connectivity index (χ0) is 23.1. The normalized spacial score (nSPS) is 22.8. The summed E-state index contributed by atoms with van der Waals surface area (Å²) < 4.78 is 47.9. The number of amides is 1. The number of alkyl halides is 3. The summed E-state index contributed by atoms with van der Waals surface area (Å²) in [5.74, 6) is 0.589. The highest BCUT2D eigenvalue weighted by Crippen LogP contribution is 2.42. The van der Waals surface area contributed by atoms with Crippen LogP contribution in [0.4, 0.5) is 13.2 Å². The highest BCUT2D eigenvalue weighted by atomic mass is 19.4. The van der Waals surface area contributed by atoms with Crippen molar-refractivity contribution >= 4 is 5.91 Å². The Labute approximate surface area is 190 Å². The summed E-state index contributed by atoms with van der Waals surface area (Å²) in [6.07, 6.45) is 4.13. The molecular weight excluding hydrogens is 435 g/mol. The summed E-state index contributed by atoms with van der Waals surface area (Å²) in [6.45, 7) is 2.04. The van der Waals surface area contributed by atoms with E-state index in [2.05, 4.69) is 14.7 Å². The van der Waals surface area contributed by atoms with Crippen LogP contribution in [0.1, 0.15) is 65.3 Å². The van der Waals surface area contributed by atoms with Gasteiger partial charge in [-0.25, -0.2) is 9.97 Å². The van der Waals surface area contributed by atoms with E-state index in [4.69, 9.17) is 4.74 Å². The fraction of sp³-hybridized carbons (Fsp3) is 0.542. The molecule has 1 aromatic heterocycles. The highest BCUT2D eigenvalue weighted by Gasteiger charge is 2.48. The Morgan fingerprint density at radius 2 is 1.94 bits per heavy atom. The number of ether oxygens (including phenoxy) is 2. The molecule has 1 atom stereocenters. The predicted molar refractivity (Wildman–Crippen MR) is 113 cm³/mol. The van der Waals surface area contributed by atoms with E-state index in [-0.39, 0.29) is 17.2 Å². The SMILES string of the molecule is O=C(c1cnc(CCc2cc(OC(F)(F)F)cc(C3CC3)c2)nc1)N1CCC12CCCOC2. The fourth-order valence-corrected chi connectivity index (χ4v) is 4.79. The van der Waals surface area contributed by atoms with Gasteiger partial charge in [0.25, 0.3) is 5.91 Å². The van der Waals surface area contributed by atoms with Crippen LogP contribution in [-0.4, -0.2) is 52.4 Å². The van der Waals surface area contributed by atoms with Gasteiger partial charge in [-0.2, -0.15) is 0 Å². The topological polar surface area (TPSA) is 64.5 Å². The van der Waals surface area contributed by atoms with Crippen LogP contribution in [0.25, 0.3) is 0 Å². The summed E-state index contributed by atoms with van der Waals surface area (Å²) in [4.78, 5) is 23.5. The van der Waals surface area contributed by atoms with E-state index in [0.29, 0.717) is 43.3 Å².